The summed E-state index contributed by atoms with van der Waals surface area (Å²) in [4.78, 5) is 29.1. The Morgan fingerprint density at radius 2 is 2.04 bits per heavy atom. The number of carbonyl (C=O) groups excluding carboxylic acids is 1. The molecule has 3 rings (SSSR count). The summed E-state index contributed by atoms with van der Waals surface area (Å²) in [5.74, 6) is 0.681. The molecule has 5 heteroatoms. The van der Waals surface area contributed by atoms with Gasteiger partial charge in [-0.25, -0.2) is 0 Å². The second kappa shape index (κ2) is 6.74. The Balaban J connectivity index is 1.93. The van der Waals surface area contributed by atoms with Crippen molar-refractivity contribution in [2.24, 2.45) is 0 Å². The third kappa shape index (κ3) is 3.40. The van der Waals surface area contributed by atoms with Crippen molar-refractivity contribution in [3.63, 3.8) is 0 Å². The van der Waals surface area contributed by atoms with Crippen molar-refractivity contribution in [3.8, 4) is 0 Å². The number of H-pyrrole nitrogens is 1. The number of aromatic nitrogens is 1. The lowest BCUT2D eigenvalue weighted by Crippen LogP contribution is -2.31. The maximum Gasteiger partial charge on any atom is 0.253 e. The predicted octanol–water partition coefficient (Wildman–Crippen LogP) is 3.37. The van der Waals surface area contributed by atoms with Gasteiger partial charge in [-0.2, -0.15) is 0 Å². The zero-order valence-electron chi connectivity index (χ0n) is 13.8. The molecule has 0 bridgehead atoms. The molecule has 3 aromatic rings. The van der Waals surface area contributed by atoms with E-state index in [9.17, 15) is 9.59 Å². The van der Waals surface area contributed by atoms with E-state index in [4.69, 9.17) is 4.42 Å². The fraction of sp³-hybridized carbons (Fsp3) is 0.263. The van der Waals surface area contributed by atoms with Crippen LogP contribution in [0.4, 0.5) is 0 Å². The average molecular weight is 324 g/mol. The van der Waals surface area contributed by atoms with Gasteiger partial charge in [0.15, 0.2) is 0 Å². The van der Waals surface area contributed by atoms with Crippen LogP contribution in [0.2, 0.25) is 0 Å². The van der Waals surface area contributed by atoms with Crippen LogP contribution in [0.5, 0.6) is 0 Å². The first-order valence-electron chi connectivity index (χ1n) is 7.99. The highest BCUT2D eigenvalue weighted by Crippen LogP contribution is 2.16. The van der Waals surface area contributed by atoms with Crippen molar-refractivity contribution < 1.29 is 9.21 Å². The maximum atomic E-state index is 12.3. The van der Waals surface area contributed by atoms with Crippen LogP contribution < -0.4 is 5.56 Å². The Morgan fingerprint density at radius 1 is 1.21 bits per heavy atom. The number of nitrogens with zero attached hydrogens (tertiary/aromatic N) is 1. The third-order valence-electron chi connectivity index (χ3n) is 4.02. The highest BCUT2D eigenvalue weighted by molar-refractivity contribution is 5.80. The Labute approximate surface area is 139 Å². The van der Waals surface area contributed by atoms with E-state index in [2.05, 4.69) is 4.98 Å². The molecular weight excluding hydrogens is 304 g/mol. The monoisotopic (exact) mass is 324 g/mol. The number of hydrogen-bond acceptors (Lipinski definition) is 3. The third-order valence-corrected chi connectivity index (χ3v) is 4.02. The van der Waals surface area contributed by atoms with Gasteiger partial charge in [-0.3, -0.25) is 9.59 Å². The summed E-state index contributed by atoms with van der Waals surface area (Å²) in [6, 6.07) is 11.3. The number of carbonyl (C=O) groups is 1. The van der Waals surface area contributed by atoms with Gasteiger partial charge in [-0.15, -0.1) is 0 Å². The van der Waals surface area contributed by atoms with Crippen LogP contribution in [0, 0.1) is 6.92 Å². The molecule has 0 fully saturated rings. The molecule has 1 amide bonds. The van der Waals surface area contributed by atoms with E-state index in [0.29, 0.717) is 24.3 Å². The standard InChI is InChI=1S/C19H20N2O3/c1-3-18(22)21(12-16-5-4-8-24-16)11-15-10-14-9-13(2)6-7-17(14)20-19(15)23/h4-10H,3,11-12H2,1-2H3,(H,20,23). The minimum absolute atomic E-state index is 0.0184. The lowest BCUT2D eigenvalue weighted by Gasteiger charge is -2.21. The molecule has 5 nitrogen and oxygen atoms in total. The maximum absolute atomic E-state index is 12.3. The predicted molar refractivity (Wildman–Crippen MR) is 92.6 cm³/mol. The molecule has 2 aromatic heterocycles. The first-order valence-corrected chi connectivity index (χ1v) is 7.99. The summed E-state index contributed by atoms with van der Waals surface area (Å²) in [5, 5.41) is 0.964. The SMILES string of the molecule is CCC(=O)N(Cc1ccco1)Cc1cc2cc(C)ccc2[nH]c1=O. The molecule has 0 spiro atoms. The number of aryl methyl sites for hydroxylation is 1. The molecule has 0 atom stereocenters. The molecule has 0 radical (unpaired) electrons. The van der Waals surface area contributed by atoms with Crippen LogP contribution >= 0.6 is 0 Å². The molecule has 0 aliphatic carbocycles. The first kappa shape index (κ1) is 16.1. The van der Waals surface area contributed by atoms with E-state index in [-0.39, 0.29) is 18.0 Å². The summed E-state index contributed by atoms with van der Waals surface area (Å²) < 4.78 is 5.33. The molecule has 2 heterocycles. The number of hydrogen-bond donors (Lipinski definition) is 1. The van der Waals surface area contributed by atoms with Crippen molar-refractivity contribution in [3.05, 3.63) is 69.9 Å². The van der Waals surface area contributed by atoms with Crippen LogP contribution in [0.3, 0.4) is 0 Å². The second-order valence-corrected chi connectivity index (χ2v) is 5.90. The molecular formula is C19H20N2O3. The number of rotatable bonds is 5. The zero-order valence-corrected chi connectivity index (χ0v) is 13.8. The lowest BCUT2D eigenvalue weighted by atomic mass is 10.1. The Bertz CT molecular complexity index is 910. The summed E-state index contributed by atoms with van der Waals surface area (Å²) in [6.07, 6.45) is 1.96. The van der Waals surface area contributed by atoms with Crippen LogP contribution in [0.25, 0.3) is 10.9 Å². The largest absolute Gasteiger partial charge is 0.467 e. The van der Waals surface area contributed by atoms with Crippen molar-refractivity contribution in [1.82, 2.24) is 9.88 Å². The van der Waals surface area contributed by atoms with Crippen molar-refractivity contribution in [2.45, 2.75) is 33.4 Å². The molecule has 1 N–H and O–H groups in total. The van der Waals surface area contributed by atoms with Gasteiger partial charge in [0.25, 0.3) is 5.56 Å². The second-order valence-electron chi connectivity index (χ2n) is 5.90. The Hall–Kier alpha value is -2.82. The Kier molecular flexibility index (Phi) is 4.51. The molecule has 1 aromatic carbocycles. The number of amides is 1. The number of nitrogens with one attached hydrogen (secondary N) is 1. The fourth-order valence-corrected chi connectivity index (χ4v) is 2.74. The van der Waals surface area contributed by atoms with E-state index in [1.165, 1.54) is 0 Å². The smallest absolute Gasteiger partial charge is 0.253 e. The van der Waals surface area contributed by atoms with Gasteiger partial charge in [0.1, 0.15) is 5.76 Å². The highest BCUT2D eigenvalue weighted by Gasteiger charge is 2.16. The van der Waals surface area contributed by atoms with Crippen molar-refractivity contribution in [2.75, 3.05) is 0 Å². The van der Waals surface area contributed by atoms with E-state index < -0.39 is 0 Å². The van der Waals surface area contributed by atoms with Gasteiger partial charge in [0.2, 0.25) is 5.91 Å². The molecule has 0 unspecified atom stereocenters. The number of benzene rings is 1. The topological polar surface area (TPSA) is 66.3 Å². The number of pyridine rings is 1. The van der Waals surface area contributed by atoms with Crippen LogP contribution in [-0.2, 0) is 17.9 Å². The normalized spacial score (nSPS) is 10.9. The van der Waals surface area contributed by atoms with Crippen LogP contribution in [0.1, 0.15) is 30.2 Å². The molecule has 0 aliphatic heterocycles. The molecule has 124 valence electrons. The van der Waals surface area contributed by atoms with Gasteiger partial charge in [-0.1, -0.05) is 18.6 Å². The minimum atomic E-state index is -0.167. The van der Waals surface area contributed by atoms with E-state index in [1.54, 1.807) is 17.2 Å². The summed E-state index contributed by atoms with van der Waals surface area (Å²) in [6.45, 7) is 4.43. The minimum Gasteiger partial charge on any atom is -0.467 e. The summed E-state index contributed by atoms with van der Waals surface area (Å²) in [7, 11) is 0. The van der Waals surface area contributed by atoms with E-state index in [1.807, 2.05) is 44.2 Å². The highest BCUT2D eigenvalue weighted by atomic mass is 16.3. The quantitative estimate of drug-likeness (QED) is 0.782. The van der Waals surface area contributed by atoms with E-state index in [0.717, 1.165) is 16.5 Å². The average Bonchev–Trinajstić information content (AvgIpc) is 3.07. The summed E-state index contributed by atoms with van der Waals surface area (Å²) in [5.41, 5.74) is 2.33. The number of furan rings is 1. The zero-order chi connectivity index (χ0) is 17.1. The van der Waals surface area contributed by atoms with Gasteiger partial charge < -0.3 is 14.3 Å². The van der Waals surface area contributed by atoms with Crippen LogP contribution in [0.15, 0.2) is 51.9 Å². The molecule has 24 heavy (non-hydrogen) atoms. The molecule has 0 saturated carbocycles. The van der Waals surface area contributed by atoms with Gasteiger partial charge in [0.05, 0.1) is 19.4 Å². The number of fused-ring (bicyclic) bond motifs is 1. The molecule has 0 aliphatic rings. The summed E-state index contributed by atoms with van der Waals surface area (Å²) >= 11 is 0. The Morgan fingerprint density at radius 3 is 2.75 bits per heavy atom. The molecule has 0 saturated heterocycles. The van der Waals surface area contributed by atoms with Crippen molar-refractivity contribution >= 4 is 16.8 Å². The van der Waals surface area contributed by atoms with Crippen LogP contribution in [-0.4, -0.2) is 15.8 Å². The van der Waals surface area contributed by atoms with E-state index >= 15 is 0 Å². The van der Waals surface area contributed by atoms with Gasteiger partial charge in [0, 0.05) is 17.5 Å². The lowest BCUT2D eigenvalue weighted by molar-refractivity contribution is -0.132. The van der Waals surface area contributed by atoms with Crippen molar-refractivity contribution in [1.29, 1.82) is 0 Å². The fourth-order valence-electron chi connectivity index (χ4n) is 2.74. The van der Waals surface area contributed by atoms with Gasteiger partial charge >= 0.3 is 0 Å². The van der Waals surface area contributed by atoms with Gasteiger partial charge in [-0.05, 0) is 42.6 Å². The number of aromatic amines is 1. The first-order chi connectivity index (χ1) is 11.6.